The van der Waals surface area contributed by atoms with Crippen molar-refractivity contribution in [3.63, 3.8) is 0 Å². The Labute approximate surface area is 89.0 Å². The van der Waals surface area contributed by atoms with Gasteiger partial charge in [-0.1, -0.05) is 0 Å². The first-order chi connectivity index (χ1) is 6.80. The number of carboxylic acid groups (broad SMARTS) is 1. The second-order valence-electron chi connectivity index (χ2n) is 4.74. The molecule has 0 bridgehead atoms. The van der Waals surface area contributed by atoms with Crippen LogP contribution in [0.1, 0.15) is 33.1 Å². The Hall–Kier alpha value is -1.10. The highest BCUT2D eigenvalue weighted by Gasteiger charge is 2.32. The zero-order valence-corrected chi connectivity index (χ0v) is 9.12. The van der Waals surface area contributed by atoms with E-state index in [-0.39, 0.29) is 17.9 Å². The zero-order valence-electron chi connectivity index (χ0n) is 9.12. The summed E-state index contributed by atoms with van der Waals surface area (Å²) < 4.78 is 0. The highest BCUT2D eigenvalue weighted by atomic mass is 16.4. The molecule has 15 heavy (non-hydrogen) atoms. The monoisotopic (exact) mass is 214 g/mol. The van der Waals surface area contributed by atoms with Gasteiger partial charge in [0.05, 0.1) is 11.5 Å². The second-order valence-corrected chi connectivity index (χ2v) is 4.74. The molecule has 5 nitrogen and oxygen atoms in total. The van der Waals surface area contributed by atoms with Gasteiger partial charge in [0.1, 0.15) is 0 Å². The van der Waals surface area contributed by atoms with Gasteiger partial charge >= 0.3 is 5.97 Å². The molecule has 1 fully saturated rings. The first kappa shape index (κ1) is 12.0. The molecule has 0 spiro atoms. The molecule has 1 aliphatic rings. The Morgan fingerprint density at radius 1 is 1.40 bits per heavy atom. The number of carbonyl (C=O) groups excluding carboxylic acids is 1. The van der Waals surface area contributed by atoms with E-state index < -0.39 is 11.5 Å². The minimum Gasteiger partial charge on any atom is -0.481 e. The Morgan fingerprint density at radius 3 is 2.40 bits per heavy atom. The highest BCUT2D eigenvalue weighted by molar-refractivity contribution is 5.85. The largest absolute Gasteiger partial charge is 0.481 e. The molecule has 0 aromatic heterocycles. The van der Waals surface area contributed by atoms with Gasteiger partial charge in [-0.05, 0) is 33.1 Å². The molecular formula is C10H18N2O3. The van der Waals surface area contributed by atoms with Crippen molar-refractivity contribution in [2.75, 3.05) is 0 Å². The minimum absolute atomic E-state index is 0.0403. The number of carbonyl (C=O) groups is 2. The van der Waals surface area contributed by atoms with E-state index in [1.54, 1.807) is 13.8 Å². The number of hydrogen-bond donors (Lipinski definition) is 3. The molecule has 0 aromatic carbocycles. The number of aliphatic carboxylic acids is 1. The lowest BCUT2D eigenvalue weighted by Crippen LogP contribution is -2.51. The van der Waals surface area contributed by atoms with Gasteiger partial charge in [-0.3, -0.25) is 9.59 Å². The number of rotatable bonds is 3. The molecule has 0 heterocycles. The molecule has 2 atom stereocenters. The van der Waals surface area contributed by atoms with E-state index in [0.717, 1.165) is 6.42 Å². The van der Waals surface area contributed by atoms with Gasteiger partial charge in [0, 0.05) is 6.04 Å². The molecule has 5 heteroatoms. The van der Waals surface area contributed by atoms with E-state index >= 15 is 0 Å². The van der Waals surface area contributed by atoms with Crippen LogP contribution in [0.3, 0.4) is 0 Å². The second kappa shape index (κ2) is 4.18. The molecular weight excluding hydrogens is 196 g/mol. The number of carboxylic acids is 1. The van der Waals surface area contributed by atoms with E-state index in [2.05, 4.69) is 5.32 Å². The van der Waals surface area contributed by atoms with E-state index in [1.165, 1.54) is 0 Å². The maximum Gasteiger partial charge on any atom is 0.306 e. The predicted octanol–water partition coefficient (Wildman–Crippen LogP) is 0.0932. The number of hydrogen-bond acceptors (Lipinski definition) is 3. The summed E-state index contributed by atoms with van der Waals surface area (Å²) >= 11 is 0. The first-order valence-electron chi connectivity index (χ1n) is 5.13. The highest BCUT2D eigenvalue weighted by Crippen LogP contribution is 2.25. The van der Waals surface area contributed by atoms with Gasteiger partial charge in [-0.15, -0.1) is 0 Å². The lowest BCUT2D eigenvalue weighted by molar-refractivity contribution is -0.141. The minimum atomic E-state index is -0.901. The summed E-state index contributed by atoms with van der Waals surface area (Å²) in [6, 6.07) is -0.0403. The van der Waals surface area contributed by atoms with Crippen LogP contribution in [-0.2, 0) is 9.59 Å². The first-order valence-corrected chi connectivity index (χ1v) is 5.13. The van der Waals surface area contributed by atoms with Crippen molar-refractivity contribution in [3.05, 3.63) is 0 Å². The van der Waals surface area contributed by atoms with Crippen LogP contribution in [0, 0.1) is 5.92 Å². The summed E-state index contributed by atoms with van der Waals surface area (Å²) in [7, 11) is 0. The standard InChI is InChI=1S/C10H18N2O3/c1-10(2,11)9(15)12-7-4-3-6(5-7)8(13)14/h6-7H,3-5,11H2,1-2H3,(H,12,15)(H,13,14). The summed E-state index contributed by atoms with van der Waals surface area (Å²) in [6.07, 6.45) is 1.86. The number of nitrogens with two attached hydrogens (primary N) is 1. The normalized spacial score (nSPS) is 26.3. The molecule has 1 amide bonds. The predicted molar refractivity (Wildman–Crippen MR) is 55.2 cm³/mol. The summed E-state index contributed by atoms with van der Waals surface area (Å²) in [5, 5.41) is 11.6. The van der Waals surface area contributed by atoms with Gasteiger partial charge in [-0.2, -0.15) is 0 Å². The average molecular weight is 214 g/mol. The van der Waals surface area contributed by atoms with Crippen molar-refractivity contribution in [1.29, 1.82) is 0 Å². The Balaban J connectivity index is 2.43. The molecule has 0 radical (unpaired) electrons. The van der Waals surface area contributed by atoms with Crippen molar-refractivity contribution >= 4 is 11.9 Å². The van der Waals surface area contributed by atoms with Gasteiger partial charge in [0.25, 0.3) is 0 Å². The maximum atomic E-state index is 11.5. The number of nitrogens with one attached hydrogen (secondary N) is 1. The van der Waals surface area contributed by atoms with E-state index in [1.807, 2.05) is 0 Å². The van der Waals surface area contributed by atoms with Gasteiger partial charge < -0.3 is 16.2 Å². The van der Waals surface area contributed by atoms with Crippen LogP contribution in [0.5, 0.6) is 0 Å². The molecule has 1 aliphatic carbocycles. The fourth-order valence-corrected chi connectivity index (χ4v) is 1.71. The van der Waals surface area contributed by atoms with Crippen LogP contribution in [-0.4, -0.2) is 28.6 Å². The summed E-state index contributed by atoms with van der Waals surface area (Å²) in [4.78, 5) is 22.2. The lowest BCUT2D eigenvalue weighted by atomic mass is 10.1. The van der Waals surface area contributed by atoms with E-state index in [9.17, 15) is 9.59 Å². The van der Waals surface area contributed by atoms with Crippen LogP contribution in [0.4, 0.5) is 0 Å². The number of amides is 1. The van der Waals surface area contributed by atoms with Crippen LogP contribution < -0.4 is 11.1 Å². The molecule has 0 aromatic rings. The van der Waals surface area contributed by atoms with Gasteiger partial charge in [-0.25, -0.2) is 0 Å². The van der Waals surface area contributed by atoms with Crippen molar-refractivity contribution in [1.82, 2.24) is 5.32 Å². The van der Waals surface area contributed by atoms with Gasteiger partial charge in [0.15, 0.2) is 0 Å². The third-order valence-electron chi connectivity index (χ3n) is 2.70. The van der Waals surface area contributed by atoms with Crippen molar-refractivity contribution in [3.8, 4) is 0 Å². The van der Waals surface area contributed by atoms with Crippen molar-refractivity contribution in [2.45, 2.75) is 44.7 Å². The quantitative estimate of drug-likeness (QED) is 0.621. The molecule has 4 N–H and O–H groups in total. The summed E-state index contributed by atoms with van der Waals surface area (Å²) in [5.74, 6) is -1.33. The average Bonchev–Trinajstić information content (AvgIpc) is 2.50. The third kappa shape index (κ3) is 3.20. The van der Waals surface area contributed by atoms with Crippen LogP contribution in [0.15, 0.2) is 0 Å². The third-order valence-corrected chi connectivity index (χ3v) is 2.70. The van der Waals surface area contributed by atoms with Crippen LogP contribution in [0.2, 0.25) is 0 Å². The van der Waals surface area contributed by atoms with Crippen molar-refractivity contribution in [2.24, 2.45) is 11.7 Å². The Bertz CT molecular complexity index is 270. The zero-order chi connectivity index (χ0) is 11.6. The maximum absolute atomic E-state index is 11.5. The van der Waals surface area contributed by atoms with Crippen LogP contribution >= 0.6 is 0 Å². The van der Waals surface area contributed by atoms with E-state index in [4.69, 9.17) is 10.8 Å². The lowest BCUT2D eigenvalue weighted by Gasteiger charge is -2.21. The molecule has 1 saturated carbocycles. The molecule has 86 valence electrons. The Morgan fingerprint density at radius 2 is 2.00 bits per heavy atom. The molecule has 0 saturated heterocycles. The SMILES string of the molecule is CC(C)(N)C(=O)NC1CCC(C(=O)O)C1. The molecule has 0 aliphatic heterocycles. The fraction of sp³-hybridized carbons (Fsp3) is 0.800. The van der Waals surface area contributed by atoms with Gasteiger partial charge in [0.2, 0.25) is 5.91 Å². The van der Waals surface area contributed by atoms with E-state index in [0.29, 0.717) is 12.8 Å². The summed E-state index contributed by atoms with van der Waals surface area (Å²) in [6.45, 7) is 3.26. The Kier molecular flexibility index (Phi) is 3.34. The topological polar surface area (TPSA) is 92.4 Å². The molecule has 2 unspecified atom stereocenters. The molecule has 1 rings (SSSR count). The van der Waals surface area contributed by atoms with Crippen LogP contribution in [0.25, 0.3) is 0 Å². The summed E-state index contributed by atoms with van der Waals surface area (Å²) in [5.41, 5.74) is 4.72. The smallest absolute Gasteiger partial charge is 0.306 e. The fourth-order valence-electron chi connectivity index (χ4n) is 1.71. The van der Waals surface area contributed by atoms with Crippen molar-refractivity contribution < 1.29 is 14.7 Å².